The number of nitriles is 1. The van der Waals surface area contributed by atoms with Crippen LogP contribution in [-0.4, -0.2) is 17.9 Å². The zero-order valence-electron chi connectivity index (χ0n) is 14.0. The molecule has 0 aliphatic heterocycles. The largest absolute Gasteiger partial charge is 0.482 e. The summed E-state index contributed by atoms with van der Waals surface area (Å²) in [6.07, 6.45) is -0.271. The number of nitro groups is 1. The number of carbonyl (C=O) groups excluding carboxylic acids is 1. The van der Waals surface area contributed by atoms with Gasteiger partial charge >= 0.3 is 5.69 Å². The minimum absolute atomic E-state index is 0.0451. The molecule has 26 heavy (non-hydrogen) atoms. The number of hydrogen-bond donors (Lipinski definition) is 1. The normalized spacial score (nSPS) is 11.2. The number of nitrogens with zero attached hydrogens (tertiary/aromatic N) is 2. The highest BCUT2D eigenvalue weighted by Crippen LogP contribution is 2.36. The molecule has 2 aromatic carbocycles. The monoisotopic (exact) mass is 355 g/mol. The maximum atomic E-state index is 11.7. The van der Waals surface area contributed by atoms with Crippen molar-refractivity contribution < 1.29 is 19.3 Å². The summed E-state index contributed by atoms with van der Waals surface area (Å²) < 4.78 is 5.60. The number of ether oxygens (including phenoxy) is 1. The lowest BCUT2D eigenvalue weighted by atomic mass is 9.95. The number of para-hydroxylation sites is 1. The molecular formula is C18H17N3O5. The first-order valence-electron chi connectivity index (χ1n) is 7.72. The van der Waals surface area contributed by atoms with E-state index in [0.29, 0.717) is 0 Å². The molecule has 0 fully saturated rings. The van der Waals surface area contributed by atoms with Gasteiger partial charge in [0.2, 0.25) is 5.91 Å². The molecule has 0 aromatic heterocycles. The molecule has 0 saturated heterocycles. The van der Waals surface area contributed by atoms with Crippen LogP contribution in [0.2, 0.25) is 0 Å². The molecule has 1 atom stereocenters. The maximum Gasteiger partial charge on any atom is 0.315 e. The highest BCUT2D eigenvalue weighted by molar-refractivity contribution is 5.77. The Hall–Kier alpha value is -3.44. The molecule has 1 unspecified atom stereocenters. The molecule has 134 valence electrons. The fourth-order valence-electron chi connectivity index (χ4n) is 2.43. The first-order valence-corrected chi connectivity index (χ1v) is 7.72. The Balaban J connectivity index is 2.30. The smallest absolute Gasteiger partial charge is 0.315 e. The number of carbonyl (C=O) groups is 1. The van der Waals surface area contributed by atoms with Crippen LogP contribution in [0.4, 0.5) is 5.69 Å². The van der Waals surface area contributed by atoms with E-state index >= 15 is 0 Å². The van der Waals surface area contributed by atoms with Crippen molar-refractivity contribution in [2.24, 2.45) is 0 Å². The standard InChI is InChI=1S/C18H17N3O5/c1-25-20-17(22)10-14(11-19)15-8-5-9-16(18(15)21(23)24)26-12-13-6-3-2-4-7-13/h2-9,14H,10,12H2,1H3,(H,20,22). The molecule has 2 rings (SSSR count). The van der Waals surface area contributed by atoms with E-state index in [4.69, 9.17) is 4.74 Å². The summed E-state index contributed by atoms with van der Waals surface area (Å²) in [5.41, 5.74) is 2.75. The molecule has 0 aliphatic carbocycles. The van der Waals surface area contributed by atoms with Gasteiger partial charge in [0.25, 0.3) is 0 Å². The third kappa shape index (κ3) is 4.78. The van der Waals surface area contributed by atoms with Crippen molar-refractivity contribution >= 4 is 11.6 Å². The first-order chi connectivity index (χ1) is 12.6. The number of benzene rings is 2. The van der Waals surface area contributed by atoms with Gasteiger partial charge in [0, 0.05) is 6.42 Å². The molecule has 0 bridgehead atoms. The van der Waals surface area contributed by atoms with Gasteiger partial charge in [-0.3, -0.25) is 19.7 Å². The zero-order valence-corrected chi connectivity index (χ0v) is 14.0. The number of rotatable bonds is 8. The van der Waals surface area contributed by atoms with Crippen LogP contribution in [0.25, 0.3) is 0 Å². The average molecular weight is 355 g/mol. The summed E-state index contributed by atoms with van der Waals surface area (Å²) in [6.45, 7) is 0.145. The highest BCUT2D eigenvalue weighted by Gasteiger charge is 2.28. The van der Waals surface area contributed by atoms with Crippen LogP contribution in [0, 0.1) is 21.4 Å². The highest BCUT2D eigenvalue weighted by atomic mass is 16.6. The molecule has 1 amide bonds. The summed E-state index contributed by atoms with van der Waals surface area (Å²) in [4.78, 5) is 27.2. The number of nitro benzene ring substituents is 1. The predicted molar refractivity (Wildman–Crippen MR) is 92.0 cm³/mol. The van der Waals surface area contributed by atoms with Crippen LogP contribution in [-0.2, 0) is 16.2 Å². The van der Waals surface area contributed by atoms with Gasteiger partial charge in [-0.25, -0.2) is 5.48 Å². The van der Waals surface area contributed by atoms with Crippen LogP contribution in [0.3, 0.4) is 0 Å². The Morgan fingerprint density at radius 3 is 2.62 bits per heavy atom. The number of amides is 1. The summed E-state index contributed by atoms with van der Waals surface area (Å²) >= 11 is 0. The van der Waals surface area contributed by atoms with Gasteiger partial charge in [-0.1, -0.05) is 42.5 Å². The molecule has 0 aliphatic rings. The minimum atomic E-state index is -1.01. The Morgan fingerprint density at radius 2 is 2.00 bits per heavy atom. The second-order valence-corrected chi connectivity index (χ2v) is 5.34. The average Bonchev–Trinajstić information content (AvgIpc) is 2.65. The van der Waals surface area contributed by atoms with Crippen molar-refractivity contribution in [1.82, 2.24) is 5.48 Å². The van der Waals surface area contributed by atoms with Gasteiger partial charge in [0.15, 0.2) is 5.75 Å². The van der Waals surface area contributed by atoms with Gasteiger partial charge in [-0.15, -0.1) is 0 Å². The SMILES string of the molecule is CONC(=O)CC(C#N)c1cccc(OCc2ccccc2)c1[N+](=O)[O-]. The Labute approximate surface area is 150 Å². The lowest BCUT2D eigenvalue weighted by molar-refractivity contribution is -0.386. The van der Waals surface area contributed by atoms with Crippen molar-refractivity contribution in [2.75, 3.05) is 7.11 Å². The van der Waals surface area contributed by atoms with E-state index in [0.717, 1.165) is 5.56 Å². The third-order valence-corrected chi connectivity index (χ3v) is 3.59. The van der Waals surface area contributed by atoms with Crippen molar-refractivity contribution in [3.8, 4) is 11.8 Å². The van der Waals surface area contributed by atoms with Gasteiger partial charge in [0.05, 0.1) is 29.6 Å². The van der Waals surface area contributed by atoms with Gasteiger partial charge in [-0.2, -0.15) is 5.26 Å². The molecule has 8 nitrogen and oxygen atoms in total. The predicted octanol–water partition coefficient (Wildman–Crippen LogP) is 2.85. The zero-order chi connectivity index (χ0) is 18.9. The molecule has 1 N–H and O–H groups in total. The van der Waals surface area contributed by atoms with Crippen molar-refractivity contribution in [3.63, 3.8) is 0 Å². The molecular weight excluding hydrogens is 338 g/mol. The lowest BCUT2D eigenvalue weighted by Crippen LogP contribution is -2.23. The van der Waals surface area contributed by atoms with Crippen molar-refractivity contribution in [3.05, 3.63) is 69.8 Å². The van der Waals surface area contributed by atoms with Gasteiger partial charge < -0.3 is 4.74 Å². The van der Waals surface area contributed by atoms with Crippen molar-refractivity contribution in [1.29, 1.82) is 5.26 Å². The lowest BCUT2D eigenvalue weighted by Gasteiger charge is -2.13. The molecule has 0 spiro atoms. The summed E-state index contributed by atoms with van der Waals surface area (Å²) in [6, 6.07) is 15.6. The van der Waals surface area contributed by atoms with E-state index in [9.17, 15) is 20.2 Å². The van der Waals surface area contributed by atoms with E-state index in [1.165, 1.54) is 19.2 Å². The second kappa shape index (κ2) is 9.15. The quantitative estimate of drug-likeness (QED) is 0.575. The number of hydroxylamine groups is 1. The fourth-order valence-corrected chi connectivity index (χ4v) is 2.43. The topological polar surface area (TPSA) is 114 Å². The van der Waals surface area contributed by atoms with Gasteiger partial charge in [-0.05, 0) is 11.6 Å². The molecule has 0 radical (unpaired) electrons. The summed E-state index contributed by atoms with van der Waals surface area (Å²) in [7, 11) is 1.26. The fraction of sp³-hybridized carbons (Fsp3) is 0.222. The van der Waals surface area contributed by atoms with E-state index in [1.807, 2.05) is 36.4 Å². The Kier molecular flexibility index (Phi) is 6.65. The van der Waals surface area contributed by atoms with Crippen LogP contribution in [0.1, 0.15) is 23.5 Å². The Bertz CT molecular complexity index is 817. The van der Waals surface area contributed by atoms with Crippen LogP contribution in [0.5, 0.6) is 5.75 Å². The van der Waals surface area contributed by atoms with Crippen molar-refractivity contribution in [2.45, 2.75) is 18.9 Å². The second-order valence-electron chi connectivity index (χ2n) is 5.34. The molecule has 0 saturated carbocycles. The first kappa shape index (κ1) is 18.9. The van der Waals surface area contributed by atoms with E-state index in [2.05, 4.69) is 10.3 Å². The third-order valence-electron chi connectivity index (χ3n) is 3.59. The van der Waals surface area contributed by atoms with E-state index in [-0.39, 0.29) is 30.0 Å². The number of nitrogens with one attached hydrogen (secondary N) is 1. The maximum absolute atomic E-state index is 11.7. The van der Waals surface area contributed by atoms with E-state index < -0.39 is 16.7 Å². The summed E-state index contributed by atoms with van der Waals surface area (Å²) in [5.74, 6) is -1.52. The van der Waals surface area contributed by atoms with Crippen LogP contribution < -0.4 is 10.2 Å². The molecule has 8 heteroatoms. The Morgan fingerprint density at radius 1 is 1.27 bits per heavy atom. The summed E-state index contributed by atoms with van der Waals surface area (Å²) in [5, 5.41) is 20.9. The van der Waals surface area contributed by atoms with E-state index in [1.54, 1.807) is 6.07 Å². The molecule has 2 aromatic rings. The molecule has 0 heterocycles. The number of hydrogen-bond acceptors (Lipinski definition) is 6. The van der Waals surface area contributed by atoms with Crippen LogP contribution >= 0.6 is 0 Å². The van der Waals surface area contributed by atoms with Crippen LogP contribution in [0.15, 0.2) is 48.5 Å². The minimum Gasteiger partial charge on any atom is -0.482 e. The van der Waals surface area contributed by atoms with Gasteiger partial charge in [0.1, 0.15) is 6.61 Å².